The SMILES string of the molecule is COc1ccc(-c2ccc(N(c3ccccc3)c3ccc(OC)cc3)cc2)cc1. The molecule has 0 spiro atoms. The molecule has 0 saturated carbocycles. The second kappa shape index (κ2) is 8.53. The Kier molecular flexibility index (Phi) is 5.48. The second-order valence-corrected chi connectivity index (χ2v) is 6.64. The van der Waals surface area contributed by atoms with Crippen molar-refractivity contribution in [2.45, 2.75) is 0 Å². The summed E-state index contributed by atoms with van der Waals surface area (Å²) in [6.07, 6.45) is 0. The smallest absolute Gasteiger partial charge is 0.119 e. The van der Waals surface area contributed by atoms with Crippen LogP contribution in [0.15, 0.2) is 103 Å². The topological polar surface area (TPSA) is 21.7 Å². The van der Waals surface area contributed by atoms with E-state index < -0.39 is 0 Å². The molecule has 0 radical (unpaired) electrons. The Morgan fingerprint density at radius 3 is 1.31 bits per heavy atom. The van der Waals surface area contributed by atoms with Crippen LogP contribution in [0.1, 0.15) is 0 Å². The van der Waals surface area contributed by atoms with E-state index >= 15 is 0 Å². The summed E-state index contributed by atoms with van der Waals surface area (Å²) >= 11 is 0. The van der Waals surface area contributed by atoms with Crippen molar-refractivity contribution in [1.29, 1.82) is 0 Å². The Hall–Kier alpha value is -3.72. The predicted octanol–water partition coefficient (Wildman–Crippen LogP) is 6.84. The first kappa shape index (κ1) is 18.6. The van der Waals surface area contributed by atoms with Crippen LogP contribution >= 0.6 is 0 Å². The number of methoxy groups -OCH3 is 2. The molecule has 0 aliphatic heterocycles. The van der Waals surface area contributed by atoms with Crippen LogP contribution in [-0.2, 0) is 0 Å². The zero-order valence-electron chi connectivity index (χ0n) is 16.6. The van der Waals surface area contributed by atoms with Gasteiger partial charge < -0.3 is 14.4 Å². The maximum atomic E-state index is 5.31. The summed E-state index contributed by atoms with van der Waals surface area (Å²) in [4.78, 5) is 2.23. The molecule has 3 nitrogen and oxygen atoms in total. The van der Waals surface area contributed by atoms with Crippen LogP contribution < -0.4 is 14.4 Å². The van der Waals surface area contributed by atoms with Gasteiger partial charge in [-0.3, -0.25) is 0 Å². The standard InChI is InChI=1S/C26H23NO2/c1-28-25-16-10-21(11-17-25)20-8-12-23(13-9-20)27(22-6-4-3-5-7-22)24-14-18-26(29-2)19-15-24/h3-19H,1-2H3. The van der Waals surface area contributed by atoms with Crippen LogP contribution in [0.5, 0.6) is 11.5 Å². The van der Waals surface area contributed by atoms with Gasteiger partial charge in [0.2, 0.25) is 0 Å². The molecular weight excluding hydrogens is 358 g/mol. The average Bonchev–Trinajstić information content (AvgIpc) is 2.81. The number of nitrogens with zero attached hydrogens (tertiary/aromatic N) is 1. The van der Waals surface area contributed by atoms with Crippen molar-refractivity contribution in [3.8, 4) is 22.6 Å². The predicted molar refractivity (Wildman–Crippen MR) is 120 cm³/mol. The van der Waals surface area contributed by atoms with Crippen molar-refractivity contribution in [3.05, 3.63) is 103 Å². The first-order valence-electron chi connectivity index (χ1n) is 9.52. The quantitative estimate of drug-likeness (QED) is 0.365. The zero-order chi connectivity index (χ0) is 20.1. The lowest BCUT2D eigenvalue weighted by Crippen LogP contribution is -2.09. The molecule has 0 aliphatic carbocycles. The molecule has 0 amide bonds. The van der Waals surface area contributed by atoms with Gasteiger partial charge in [0.1, 0.15) is 11.5 Å². The summed E-state index contributed by atoms with van der Waals surface area (Å²) < 4.78 is 10.6. The highest BCUT2D eigenvalue weighted by atomic mass is 16.5. The van der Waals surface area contributed by atoms with Gasteiger partial charge in [0.15, 0.2) is 0 Å². The van der Waals surface area contributed by atoms with E-state index in [2.05, 4.69) is 77.7 Å². The van der Waals surface area contributed by atoms with Crippen LogP contribution in [0.25, 0.3) is 11.1 Å². The summed E-state index contributed by atoms with van der Waals surface area (Å²) in [7, 11) is 3.36. The summed E-state index contributed by atoms with van der Waals surface area (Å²) in [6.45, 7) is 0. The molecule has 0 bridgehead atoms. The van der Waals surface area contributed by atoms with E-state index in [4.69, 9.17) is 9.47 Å². The maximum absolute atomic E-state index is 5.31. The van der Waals surface area contributed by atoms with Crippen molar-refractivity contribution in [3.63, 3.8) is 0 Å². The molecule has 0 fully saturated rings. The zero-order valence-corrected chi connectivity index (χ0v) is 16.6. The van der Waals surface area contributed by atoms with E-state index in [1.165, 1.54) is 5.56 Å². The summed E-state index contributed by atoms with van der Waals surface area (Å²) in [5, 5.41) is 0. The van der Waals surface area contributed by atoms with Crippen molar-refractivity contribution < 1.29 is 9.47 Å². The van der Waals surface area contributed by atoms with Crippen molar-refractivity contribution in [2.24, 2.45) is 0 Å². The molecule has 0 aliphatic rings. The van der Waals surface area contributed by atoms with Gasteiger partial charge in [0.25, 0.3) is 0 Å². The van der Waals surface area contributed by atoms with Crippen LogP contribution in [0.2, 0.25) is 0 Å². The fourth-order valence-electron chi connectivity index (χ4n) is 3.34. The molecule has 0 aromatic heterocycles. The van der Waals surface area contributed by atoms with Gasteiger partial charge in [0.05, 0.1) is 14.2 Å². The van der Waals surface area contributed by atoms with E-state index in [9.17, 15) is 0 Å². The maximum Gasteiger partial charge on any atom is 0.119 e. The highest BCUT2D eigenvalue weighted by Crippen LogP contribution is 2.36. The molecule has 0 heterocycles. The van der Waals surface area contributed by atoms with Gasteiger partial charge in [-0.15, -0.1) is 0 Å². The van der Waals surface area contributed by atoms with Crippen molar-refractivity contribution >= 4 is 17.1 Å². The van der Waals surface area contributed by atoms with Gasteiger partial charge in [-0.2, -0.15) is 0 Å². The van der Waals surface area contributed by atoms with Crippen LogP contribution in [0.3, 0.4) is 0 Å². The number of ether oxygens (including phenoxy) is 2. The summed E-state index contributed by atoms with van der Waals surface area (Å²) in [5.41, 5.74) is 5.61. The fourth-order valence-corrected chi connectivity index (χ4v) is 3.34. The first-order valence-corrected chi connectivity index (χ1v) is 9.52. The Balaban J connectivity index is 1.70. The Morgan fingerprint density at radius 1 is 0.448 bits per heavy atom. The molecule has 0 atom stereocenters. The minimum absolute atomic E-state index is 0.844. The van der Waals surface area contributed by atoms with E-state index in [0.717, 1.165) is 34.1 Å². The molecule has 0 unspecified atom stereocenters. The summed E-state index contributed by atoms with van der Waals surface area (Å²) in [5.74, 6) is 1.71. The van der Waals surface area contributed by atoms with Crippen molar-refractivity contribution in [1.82, 2.24) is 0 Å². The van der Waals surface area contributed by atoms with Gasteiger partial charge in [0, 0.05) is 17.1 Å². The molecule has 3 heteroatoms. The van der Waals surface area contributed by atoms with Gasteiger partial charge in [-0.1, -0.05) is 42.5 Å². The molecule has 4 aromatic rings. The lowest BCUT2D eigenvalue weighted by molar-refractivity contribution is 0.415. The number of hydrogen-bond acceptors (Lipinski definition) is 3. The number of para-hydroxylation sites is 1. The van der Waals surface area contributed by atoms with Gasteiger partial charge in [-0.25, -0.2) is 0 Å². The molecule has 0 saturated heterocycles. The molecule has 144 valence electrons. The van der Waals surface area contributed by atoms with E-state index in [1.807, 2.05) is 30.3 Å². The number of anilines is 3. The Bertz CT molecular complexity index is 1040. The van der Waals surface area contributed by atoms with Gasteiger partial charge >= 0.3 is 0 Å². The third-order valence-electron chi connectivity index (χ3n) is 4.89. The molecule has 4 aromatic carbocycles. The van der Waals surface area contributed by atoms with Crippen LogP contribution in [0, 0.1) is 0 Å². The van der Waals surface area contributed by atoms with Gasteiger partial charge in [-0.05, 0) is 71.8 Å². The minimum Gasteiger partial charge on any atom is -0.497 e. The second-order valence-electron chi connectivity index (χ2n) is 6.64. The highest BCUT2D eigenvalue weighted by molar-refractivity contribution is 5.78. The van der Waals surface area contributed by atoms with E-state index in [-0.39, 0.29) is 0 Å². The fraction of sp³-hybridized carbons (Fsp3) is 0.0769. The first-order chi connectivity index (χ1) is 14.3. The number of rotatable bonds is 6. The largest absolute Gasteiger partial charge is 0.497 e. The molecule has 4 rings (SSSR count). The monoisotopic (exact) mass is 381 g/mol. The number of benzene rings is 4. The van der Waals surface area contributed by atoms with E-state index in [1.54, 1.807) is 14.2 Å². The summed E-state index contributed by atoms with van der Waals surface area (Å²) in [6, 6.07) is 35.2. The van der Waals surface area contributed by atoms with Crippen LogP contribution in [0.4, 0.5) is 17.1 Å². The molecule has 0 N–H and O–H groups in total. The Morgan fingerprint density at radius 2 is 0.828 bits per heavy atom. The normalized spacial score (nSPS) is 10.4. The lowest BCUT2D eigenvalue weighted by atomic mass is 10.0. The Labute approximate surface area is 171 Å². The molecular formula is C26H23NO2. The minimum atomic E-state index is 0.844. The lowest BCUT2D eigenvalue weighted by Gasteiger charge is -2.25. The third-order valence-corrected chi connectivity index (χ3v) is 4.89. The van der Waals surface area contributed by atoms with Crippen LogP contribution in [-0.4, -0.2) is 14.2 Å². The highest BCUT2D eigenvalue weighted by Gasteiger charge is 2.12. The van der Waals surface area contributed by atoms with E-state index in [0.29, 0.717) is 0 Å². The third kappa shape index (κ3) is 4.09. The van der Waals surface area contributed by atoms with Crippen molar-refractivity contribution in [2.75, 3.05) is 19.1 Å². The molecule has 29 heavy (non-hydrogen) atoms. The average molecular weight is 381 g/mol. The number of hydrogen-bond donors (Lipinski definition) is 0.